The number of guanidine groups is 1. The maximum atomic E-state index is 5.98. The van der Waals surface area contributed by atoms with Crippen LogP contribution in [-0.4, -0.2) is 77.1 Å². The Hall–Kier alpha value is -1.83. The van der Waals surface area contributed by atoms with Crippen molar-refractivity contribution in [1.82, 2.24) is 15.5 Å². The van der Waals surface area contributed by atoms with Gasteiger partial charge in [-0.2, -0.15) is 0 Å². The number of ether oxygens (including phenoxy) is 3. The molecule has 0 radical (unpaired) electrons. The Morgan fingerprint density at radius 3 is 2.83 bits per heavy atom. The maximum absolute atomic E-state index is 5.98. The first-order valence-corrected chi connectivity index (χ1v) is 10.7. The molecule has 7 nitrogen and oxygen atoms in total. The number of likely N-dealkylation sites (N-methyl/N-ethyl adjacent to an activating group) is 1. The van der Waals surface area contributed by atoms with Crippen molar-refractivity contribution in [1.29, 1.82) is 0 Å². The second-order valence-corrected chi connectivity index (χ2v) is 7.22. The molecule has 1 heterocycles. The lowest BCUT2D eigenvalue weighted by atomic mass is 10.1. The first kappa shape index (κ1) is 23.4. The summed E-state index contributed by atoms with van der Waals surface area (Å²) in [7, 11) is 3.96. The molecule has 2 rings (SSSR count). The molecule has 1 aliphatic rings. The molecule has 1 saturated heterocycles. The molecule has 0 aliphatic carbocycles. The van der Waals surface area contributed by atoms with Crippen LogP contribution in [0.1, 0.15) is 31.7 Å². The van der Waals surface area contributed by atoms with Crippen molar-refractivity contribution in [2.75, 3.05) is 60.2 Å². The fourth-order valence-electron chi connectivity index (χ4n) is 3.29. The average molecular weight is 407 g/mol. The van der Waals surface area contributed by atoms with Gasteiger partial charge < -0.3 is 24.8 Å². The van der Waals surface area contributed by atoms with E-state index in [1.807, 2.05) is 19.1 Å². The van der Waals surface area contributed by atoms with E-state index in [9.17, 15) is 0 Å². The average Bonchev–Trinajstić information content (AvgIpc) is 2.76. The maximum Gasteiger partial charge on any atom is 0.191 e. The van der Waals surface area contributed by atoms with Crippen LogP contribution >= 0.6 is 0 Å². The third-order valence-electron chi connectivity index (χ3n) is 5.07. The number of benzene rings is 1. The normalized spacial score (nSPS) is 15.5. The number of rotatable bonds is 12. The number of aliphatic imine (C=N–C) groups is 1. The summed E-state index contributed by atoms with van der Waals surface area (Å²) in [5.41, 5.74) is 1.16. The van der Waals surface area contributed by atoms with E-state index in [1.54, 1.807) is 7.05 Å². The van der Waals surface area contributed by atoms with Crippen molar-refractivity contribution < 1.29 is 14.2 Å². The highest BCUT2D eigenvalue weighted by atomic mass is 16.5. The minimum Gasteiger partial charge on any atom is -0.492 e. The summed E-state index contributed by atoms with van der Waals surface area (Å²) in [5, 5.41) is 6.65. The van der Waals surface area contributed by atoms with Crippen LogP contribution in [0, 0.1) is 0 Å². The third kappa shape index (κ3) is 9.47. The molecule has 0 atom stereocenters. The molecular weight excluding hydrogens is 368 g/mol. The van der Waals surface area contributed by atoms with Gasteiger partial charge in [-0.25, -0.2) is 0 Å². The molecule has 1 aromatic carbocycles. The number of hydrogen-bond donors (Lipinski definition) is 2. The molecule has 2 N–H and O–H groups in total. The van der Waals surface area contributed by atoms with Gasteiger partial charge in [0.2, 0.25) is 0 Å². The molecule has 0 spiro atoms. The number of nitrogens with one attached hydrogen (secondary N) is 2. The Bertz CT molecular complexity index is 591. The molecule has 29 heavy (non-hydrogen) atoms. The van der Waals surface area contributed by atoms with Gasteiger partial charge in [0.25, 0.3) is 0 Å². The van der Waals surface area contributed by atoms with Crippen LogP contribution in [0.5, 0.6) is 5.75 Å². The van der Waals surface area contributed by atoms with Crippen molar-refractivity contribution >= 4 is 5.96 Å². The topological polar surface area (TPSA) is 67.3 Å². The van der Waals surface area contributed by atoms with Gasteiger partial charge in [0, 0.05) is 59.2 Å². The van der Waals surface area contributed by atoms with E-state index in [0.717, 1.165) is 76.1 Å². The minimum atomic E-state index is 0.607. The summed E-state index contributed by atoms with van der Waals surface area (Å²) < 4.78 is 16.8. The van der Waals surface area contributed by atoms with Gasteiger partial charge in [-0.15, -0.1) is 0 Å². The standard InChI is InChI=1S/C22H38N4O3/c1-4-27-13-6-11-24-22(23-2)25-18-19-7-5-8-21(17-19)29-16-12-26(3)20-9-14-28-15-10-20/h5,7-8,17,20H,4,6,9-16,18H2,1-3H3,(H2,23,24,25). The molecule has 1 aromatic rings. The Morgan fingerprint density at radius 2 is 2.07 bits per heavy atom. The highest BCUT2D eigenvalue weighted by Crippen LogP contribution is 2.15. The first-order chi connectivity index (χ1) is 14.2. The number of hydrogen-bond acceptors (Lipinski definition) is 5. The van der Waals surface area contributed by atoms with Gasteiger partial charge in [0.05, 0.1) is 0 Å². The van der Waals surface area contributed by atoms with Crippen LogP contribution in [0.4, 0.5) is 0 Å². The van der Waals surface area contributed by atoms with E-state index in [0.29, 0.717) is 19.2 Å². The summed E-state index contributed by atoms with van der Waals surface area (Å²) in [6.45, 7) is 8.43. The van der Waals surface area contributed by atoms with Gasteiger partial charge >= 0.3 is 0 Å². The predicted octanol–water partition coefficient (Wildman–Crippen LogP) is 2.27. The second-order valence-electron chi connectivity index (χ2n) is 7.22. The molecule has 1 fully saturated rings. The number of nitrogens with zero attached hydrogens (tertiary/aromatic N) is 2. The first-order valence-electron chi connectivity index (χ1n) is 10.7. The lowest BCUT2D eigenvalue weighted by molar-refractivity contribution is 0.0392. The summed E-state index contributed by atoms with van der Waals surface area (Å²) in [5.74, 6) is 1.70. The lowest BCUT2D eigenvalue weighted by Crippen LogP contribution is -2.38. The van der Waals surface area contributed by atoms with Crippen molar-refractivity contribution in [3.63, 3.8) is 0 Å². The van der Waals surface area contributed by atoms with E-state index in [4.69, 9.17) is 14.2 Å². The molecule has 0 bridgehead atoms. The smallest absolute Gasteiger partial charge is 0.191 e. The monoisotopic (exact) mass is 406 g/mol. The molecule has 164 valence electrons. The van der Waals surface area contributed by atoms with Crippen LogP contribution in [0.2, 0.25) is 0 Å². The van der Waals surface area contributed by atoms with Crippen LogP contribution in [0.3, 0.4) is 0 Å². The van der Waals surface area contributed by atoms with Gasteiger partial charge in [0.1, 0.15) is 12.4 Å². The molecular formula is C22H38N4O3. The summed E-state index contributed by atoms with van der Waals surface area (Å²) >= 11 is 0. The largest absolute Gasteiger partial charge is 0.492 e. The quantitative estimate of drug-likeness (QED) is 0.315. The van der Waals surface area contributed by atoms with Gasteiger partial charge in [0.15, 0.2) is 5.96 Å². The zero-order valence-corrected chi connectivity index (χ0v) is 18.3. The van der Waals surface area contributed by atoms with Crippen LogP contribution in [-0.2, 0) is 16.0 Å². The van der Waals surface area contributed by atoms with Crippen LogP contribution in [0.15, 0.2) is 29.3 Å². The van der Waals surface area contributed by atoms with Gasteiger partial charge in [-0.3, -0.25) is 9.89 Å². The highest BCUT2D eigenvalue weighted by molar-refractivity contribution is 5.79. The summed E-state index contributed by atoms with van der Waals surface area (Å²) in [6.07, 6.45) is 3.18. The molecule has 0 amide bonds. The van der Waals surface area contributed by atoms with Gasteiger partial charge in [-0.05, 0) is 50.9 Å². The van der Waals surface area contributed by atoms with Crippen molar-refractivity contribution in [2.24, 2.45) is 4.99 Å². The zero-order chi connectivity index (χ0) is 20.7. The van der Waals surface area contributed by atoms with E-state index >= 15 is 0 Å². The second kappa shape index (κ2) is 14.2. The Balaban J connectivity index is 1.68. The summed E-state index contributed by atoms with van der Waals surface area (Å²) in [6, 6.07) is 8.84. The third-order valence-corrected chi connectivity index (χ3v) is 5.07. The lowest BCUT2D eigenvalue weighted by Gasteiger charge is -2.31. The zero-order valence-electron chi connectivity index (χ0n) is 18.3. The molecule has 0 aromatic heterocycles. The molecule has 0 unspecified atom stereocenters. The predicted molar refractivity (Wildman–Crippen MR) is 118 cm³/mol. The summed E-state index contributed by atoms with van der Waals surface area (Å²) in [4.78, 5) is 6.65. The van der Waals surface area contributed by atoms with Crippen LogP contribution in [0.25, 0.3) is 0 Å². The Labute approximate surface area is 175 Å². The molecule has 0 saturated carbocycles. The fourth-order valence-corrected chi connectivity index (χ4v) is 3.29. The van der Waals surface area contributed by atoms with Gasteiger partial charge in [-0.1, -0.05) is 12.1 Å². The van der Waals surface area contributed by atoms with Crippen molar-refractivity contribution in [3.8, 4) is 5.75 Å². The Kier molecular flexibility index (Phi) is 11.5. The van der Waals surface area contributed by atoms with Crippen molar-refractivity contribution in [3.05, 3.63) is 29.8 Å². The van der Waals surface area contributed by atoms with E-state index in [2.05, 4.69) is 39.7 Å². The molecule has 7 heteroatoms. The van der Waals surface area contributed by atoms with E-state index in [-0.39, 0.29) is 0 Å². The fraction of sp³-hybridized carbons (Fsp3) is 0.682. The molecule has 1 aliphatic heterocycles. The minimum absolute atomic E-state index is 0.607. The Morgan fingerprint density at radius 1 is 1.24 bits per heavy atom. The van der Waals surface area contributed by atoms with Crippen molar-refractivity contribution in [2.45, 2.75) is 38.8 Å². The van der Waals surface area contributed by atoms with E-state index in [1.165, 1.54) is 0 Å². The highest BCUT2D eigenvalue weighted by Gasteiger charge is 2.17. The van der Waals surface area contributed by atoms with Crippen LogP contribution < -0.4 is 15.4 Å². The SMILES string of the molecule is CCOCCCNC(=NC)NCc1cccc(OCCN(C)C2CCOCC2)c1. The van der Waals surface area contributed by atoms with E-state index < -0.39 is 0 Å².